The largest absolute Gasteiger partial charge is 0.462 e. The summed E-state index contributed by atoms with van der Waals surface area (Å²) >= 11 is 0. The smallest absolute Gasteiger partial charge is 0.334 e. The van der Waals surface area contributed by atoms with E-state index in [1.807, 2.05) is 0 Å². The fraction of sp³-hybridized carbons (Fsp3) is 0.500. The van der Waals surface area contributed by atoms with E-state index in [4.69, 9.17) is 4.74 Å². The van der Waals surface area contributed by atoms with Crippen LogP contribution in [-0.4, -0.2) is 18.4 Å². The van der Waals surface area contributed by atoms with Crippen LogP contribution in [0.1, 0.15) is 32.1 Å². The fourth-order valence-electron chi connectivity index (χ4n) is 1.44. The van der Waals surface area contributed by atoms with Crippen molar-refractivity contribution in [1.29, 1.82) is 0 Å². The van der Waals surface area contributed by atoms with Gasteiger partial charge in [-0.15, -0.1) is 6.58 Å². The Kier molecular flexibility index (Phi) is 4.81. The van der Waals surface area contributed by atoms with Crippen LogP contribution in [0.25, 0.3) is 0 Å². The molecule has 0 spiro atoms. The molecule has 3 heteroatoms. The van der Waals surface area contributed by atoms with Crippen molar-refractivity contribution in [1.82, 2.24) is 0 Å². The SMILES string of the molecule is C=CCCCOC(=O)C1=CC(=O)CCC1. The Labute approximate surface area is 89.8 Å². The molecule has 3 nitrogen and oxygen atoms in total. The van der Waals surface area contributed by atoms with Gasteiger partial charge in [-0.05, 0) is 31.8 Å². The van der Waals surface area contributed by atoms with Gasteiger partial charge < -0.3 is 4.74 Å². The highest BCUT2D eigenvalue weighted by Gasteiger charge is 2.16. The van der Waals surface area contributed by atoms with Gasteiger partial charge in [0, 0.05) is 12.0 Å². The predicted octanol–water partition coefficient (Wildman–Crippen LogP) is 2.18. The molecule has 1 aliphatic rings. The summed E-state index contributed by atoms with van der Waals surface area (Å²) in [4.78, 5) is 22.5. The number of esters is 1. The zero-order valence-corrected chi connectivity index (χ0v) is 8.83. The number of carbonyl (C=O) groups excluding carboxylic acids is 2. The molecule has 0 aliphatic heterocycles. The van der Waals surface area contributed by atoms with Crippen LogP contribution in [-0.2, 0) is 14.3 Å². The zero-order valence-electron chi connectivity index (χ0n) is 8.83. The van der Waals surface area contributed by atoms with Crippen LogP contribution >= 0.6 is 0 Å². The summed E-state index contributed by atoms with van der Waals surface area (Å²) in [5, 5.41) is 0. The van der Waals surface area contributed by atoms with Crippen molar-refractivity contribution in [3.8, 4) is 0 Å². The third kappa shape index (κ3) is 4.11. The first-order valence-electron chi connectivity index (χ1n) is 5.25. The summed E-state index contributed by atoms with van der Waals surface area (Å²) in [7, 11) is 0. The van der Waals surface area contributed by atoms with Crippen LogP contribution in [0, 0.1) is 0 Å². The number of rotatable bonds is 5. The van der Waals surface area contributed by atoms with Gasteiger partial charge in [0.15, 0.2) is 5.78 Å². The van der Waals surface area contributed by atoms with E-state index in [0.29, 0.717) is 25.0 Å². The van der Waals surface area contributed by atoms with Crippen molar-refractivity contribution in [2.75, 3.05) is 6.61 Å². The van der Waals surface area contributed by atoms with Crippen LogP contribution in [0.15, 0.2) is 24.3 Å². The minimum Gasteiger partial charge on any atom is -0.462 e. The first-order chi connectivity index (χ1) is 7.24. The van der Waals surface area contributed by atoms with Gasteiger partial charge in [0.1, 0.15) is 0 Å². The molecule has 1 aliphatic carbocycles. The fourth-order valence-corrected chi connectivity index (χ4v) is 1.44. The van der Waals surface area contributed by atoms with Crippen LogP contribution in [0.2, 0.25) is 0 Å². The molecule has 0 N–H and O–H groups in total. The lowest BCUT2D eigenvalue weighted by atomic mass is 9.99. The van der Waals surface area contributed by atoms with Gasteiger partial charge in [-0.1, -0.05) is 6.08 Å². The second-order valence-corrected chi connectivity index (χ2v) is 3.56. The molecule has 0 aromatic carbocycles. The standard InChI is InChI=1S/C12H16O3/c1-2-3-4-8-15-12(14)10-6-5-7-11(13)9-10/h2,9H,1,3-8H2. The van der Waals surface area contributed by atoms with Crippen molar-refractivity contribution >= 4 is 11.8 Å². The Morgan fingerprint density at radius 3 is 3.00 bits per heavy atom. The summed E-state index contributed by atoms with van der Waals surface area (Å²) in [6.07, 6.45) is 6.80. The van der Waals surface area contributed by atoms with E-state index in [-0.39, 0.29) is 11.8 Å². The highest BCUT2D eigenvalue weighted by molar-refractivity contribution is 6.00. The molecule has 1 rings (SSSR count). The molecular formula is C12H16O3. The van der Waals surface area contributed by atoms with E-state index in [0.717, 1.165) is 19.3 Å². The second kappa shape index (κ2) is 6.17. The summed E-state index contributed by atoms with van der Waals surface area (Å²) in [5.41, 5.74) is 0.518. The summed E-state index contributed by atoms with van der Waals surface area (Å²) < 4.78 is 5.02. The molecule has 0 fully saturated rings. The van der Waals surface area contributed by atoms with Gasteiger partial charge >= 0.3 is 5.97 Å². The maximum absolute atomic E-state index is 11.4. The second-order valence-electron chi connectivity index (χ2n) is 3.56. The van der Waals surface area contributed by atoms with Gasteiger partial charge in [-0.2, -0.15) is 0 Å². The third-order valence-corrected chi connectivity index (χ3v) is 2.25. The number of ether oxygens (including phenoxy) is 1. The number of allylic oxidation sites excluding steroid dienone is 2. The van der Waals surface area contributed by atoms with Crippen LogP contribution in [0.3, 0.4) is 0 Å². The Morgan fingerprint density at radius 2 is 2.33 bits per heavy atom. The van der Waals surface area contributed by atoms with Crippen molar-refractivity contribution in [2.24, 2.45) is 0 Å². The average Bonchev–Trinajstić information content (AvgIpc) is 2.24. The van der Waals surface area contributed by atoms with E-state index in [2.05, 4.69) is 6.58 Å². The van der Waals surface area contributed by atoms with E-state index in [9.17, 15) is 9.59 Å². The summed E-state index contributed by atoms with van der Waals surface area (Å²) in [6, 6.07) is 0. The molecule has 0 amide bonds. The summed E-state index contributed by atoms with van der Waals surface area (Å²) in [5.74, 6) is -0.314. The molecule has 82 valence electrons. The monoisotopic (exact) mass is 208 g/mol. The maximum atomic E-state index is 11.4. The molecule has 0 atom stereocenters. The normalized spacial score (nSPS) is 15.7. The minimum absolute atomic E-state index is 0.0271. The van der Waals surface area contributed by atoms with Crippen LogP contribution in [0.4, 0.5) is 0 Å². The number of ketones is 1. The van der Waals surface area contributed by atoms with E-state index >= 15 is 0 Å². The Hall–Kier alpha value is -1.38. The van der Waals surface area contributed by atoms with E-state index in [1.165, 1.54) is 6.08 Å². The van der Waals surface area contributed by atoms with Crippen LogP contribution < -0.4 is 0 Å². The molecule has 0 radical (unpaired) electrons. The first-order valence-corrected chi connectivity index (χ1v) is 5.25. The number of carbonyl (C=O) groups is 2. The zero-order chi connectivity index (χ0) is 11.1. The number of unbranched alkanes of at least 4 members (excludes halogenated alkanes) is 1. The lowest BCUT2D eigenvalue weighted by Crippen LogP contribution is -2.14. The first kappa shape index (κ1) is 11.7. The third-order valence-electron chi connectivity index (χ3n) is 2.25. The van der Waals surface area contributed by atoms with Gasteiger partial charge in [0.05, 0.1) is 6.61 Å². The molecule has 0 heterocycles. The van der Waals surface area contributed by atoms with E-state index < -0.39 is 0 Å². The molecular weight excluding hydrogens is 192 g/mol. The molecule has 0 saturated carbocycles. The van der Waals surface area contributed by atoms with Crippen molar-refractivity contribution in [3.05, 3.63) is 24.3 Å². The molecule has 0 aromatic rings. The van der Waals surface area contributed by atoms with Crippen molar-refractivity contribution in [2.45, 2.75) is 32.1 Å². The maximum Gasteiger partial charge on any atom is 0.334 e. The quantitative estimate of drug-likeness (QED) is 0.395. The highest BCUT2D eigenvalue weighted by atomic mass is 16.5. The van der Waals surface area contributed by atoms with Gasteiger partial charge in [-0.25, -0.2) is 4.79 Å². The lowest BCUT2D eigenvalue weighted by Gasteiger charge is -2.10. The highest BCUT2D eigenvalue weighted by Crippen LogP contribution is 2.16. The Morgan fingerprint density at radius 1 is 1.53 bits per heavy atom. The molecule has 0 unspecified atom stereocenters. The predicted molar refractivity (Wildman–Crippen MR) is 57.3 cm³/mol. The molecule has 0 saturated heterocycles. The van der Waals surface area contributed by atoms with Gasteiger partial charge in [-0.3, -0.25) is 4.79 Å². The van der Waals surface area contributed by atoms with Crippen molar-refractivity contribution in [3.63, 3.8) is 0 Å². The topological polar surface area (TPSA) is 43.4 Å². The number of hydrogen-bond donors (Lipinski definition) is 0. The van der Waals surface area contributed by atoms with Crippen LogP contribution in [0.5, 0.6) is 0 Å². The number of hydrogen-bond acceptors (Lipinski definition) is 3. The minimum atomic E-state index is -0.341. The Balaban J connectivity index is 2.33. The van der Waals surface area contributed by atoms with E-state index in [1.54, 1.807) is 6.08 Å². The summed E-state index contributed by atoms with van der Waals surface area (Å²) in [6.45, 7) is 3.98. The van der Waals surface area contributed by atoms with Gasteiger partial charge in [0.25, 0.3) is 0 Å². The van der Waals surface area contributed by atoms with Gasteiger partial charge in [0.2, 0.25) is 0 Å². The molecule has 15 heavy (non-hydrogen) atoms. The lowest BCUT2D eigenvalue weighted by molar-refractivity contribution is -0.139. The molecule has 0 aromatic heterocycles. The average molecular weight is 208 g/mol. The molecule has 0 bridgehead atoms. The Bertz CT molecular complexity index is 289. The van der Waals surface area contributed by atoms with Crippen molar-refractivity contribution < 1.29 is 14.3 Å².